The van der Waals surface area contributed by atoms with Crippen molar-refractivity contribution < 1.29 is 28.4 Å². The number of nitrogens with one attached hydrogen (secondary N) is 1. The number of methoxy groups -OCH3 is 1. The van der Waals surface area contributed by atoms with E-state index in [0.717, 1.165) is 0 Å². The van der Waals surface area contributed by atoms with Gasteiger partial charge < -0.3 is 19.8 Å². The molecule has 0 spiro atoms. The number of hydrogen-bond acceptors (Lipinski definition) is 4. The molecule has 3 N–H and O–H groups in total. The first-order valence-electron chi connectivity index (χ1n) is 5.43. The lowest BCUT2D eigenvalue weighted by atomic mass is 10.1. The van der Waals surface area contributed by atoms with Crippen LogP contribution in [0.4, 0.5) is 0 Å². The van der Waals surface area contributed by atoms with E-state index in [-0.39, 0.29) is 12.5 Å². The zero-order valence-electron chi connectivity index (χ0n) is 10.6. The molecule has 0 heterocycles. The molecule has 1 amide bonds. The van der Waals surface area contributed by atoms with Gasteiger partial charge in [0.15, 0.2) is 0 Å². The SMILES string of the molecule is COc1cccc(C(COP(=O)(O)O)NC(C)=O)c1. The van der Waals surface area contributed by atoms with Crippen LogP contribution in [0.3, 0.4) is 0 Å². The Hall–Kier alpha value is -1.40. The normalized spacial score (nSPS) is 12.8. The van der Waals surface area contributed by atoms with E-state index in [1.54, 1.807) is 24.3 Å². The molecule has 0 bridgehead atoms. The number of phosphoric ester groups is 1. The third kappa shape index (κ3) is 5.85. The summed E-state index contributed by atoms with van der Waals surface area (Å²) in [5, 5.41) is 2.56. The van der Waals surface area contributed by atoms with Gasteiger partial charge in [-0.3, -0.25) is 9.32 Å². The lowest BCUT2D eigenvalue weighted by molar-refractivity contribution is -0.120. The van der Waals surface area contributed by atoms with Gasteiger partial charge in [-0.15, -0.1) is 0 Å². The van der Waals surface area contributed by atoms with Crippen LogP contribution in [0.5, 0.6) is 5.75 Å². The van der Waals surface area contributed by atoms with Crippen LogP contribution in [-0.2, 0) is 13.9 Å². The van der Waals surface area contributed by atoms with E-state index in [9.17, 15) is 9.36 Å². The van der Waals surface area contributed by atoms with Crippen molar-refractivity contribution in [3.8, 4) is 5.75 Å². The molecule has 0 saturated carbocycles. The Balaban J connectivity index is 2.88. The standard InChI is InChI=1S/C11H16NO6P/c1-8(13)12-11(7-18-19(14,15)16)9-4-3-5-10(6-9)17-2/h3-6,11H,7H2,1-2H3,(H,12,13)(H2,14,15,16). The van der Waals surface area contributed by atoms with Gasteiger partial charge in [0.25, 0.3) is 0 Å². The summed E-state index contributed by atoms with van der Waals surface area (Å²) in [6.07, 6.45) is 0. The minimum Gasteiger partial charge on any atom is -0.497 e. The zero-order valence-corrected chi connectivity index (χ0v) is 11.5. The predicted octanol–water partition coefficient (Wildman–Crippen LogP) is 0.982. The molecule has 1 rings (SSSR count). The molecule has 0 aromatic heterocycles. The summed E-state index contributed by atoms with van der Waals surface area (Å²) in [4.78, 5) is 28.5. The summed E-state index contributed by atoms with van der Waals surface area (Å²) < 4.78 is 20.2. The van der Waals surface area contributed by atoms with E-state index in [1.807, 2.05) is 0 Å². The van der Waals surface area contributed by atoms with Crippen LogP contribution in [-0.4, -0.2) is 29.4 Å². The average molecular weight is 289 g/mol. The Labute approximate surface area is 110 Å². The first-order chi connectivity index (χ1) is 8.81. The summed E-state index contributed by atoms with van der Waals surface area (Å²) in [7, 11) is -3.09. The van der Waals surface area contributed by atoms with Crippen LogP contribution in [0, 0.1) is 0 Å². The van der Waals surface area contributed by atoms with Gasteiger partial charge in [-0.2, -0.15) is 0 Å². The predicted molar refractivity (Wildman–Crippen MR) is 67.5 cm³/mol. The van der Waals surface area contributed by atoms with Gasteiger partial charge in [0, 0.05) is 6.92 Å². The largest absolute Gasteiger partial charge is 0.497 e. The van der Waals surface area contributed by atoms with Gasteiger partial charge in [-0.1, -0.05) is 12.1 Å². The first kappa shape index (κ1) is 15.7. The number of amides is 1. The number of hydrogen-bond donors (Lipinski definition) is 3. The third-order valence-electron chi connectivity index (χ3n) is 2.28. The van der Waals surface area contributed by atoms with Crippen molar-refractivity contribution in [3.05, 3.63) is 29.8 Å². The van der Waals surface area contributed by atoms with Gasteiger partial charge in [0.05, 0.1) is 19.8 Å². The highest BCUT2D eigenvalue weighted by molar-refractivity contribution is 7.46. The quantitative estimate of drug-likeness (QED) is 0.674. The van der Waals surface area contributed by atoms with Crippen LogP contribution in [0.1, 0.15) is 18.5 Å². The van der Waals surface area contributed by atoms with Crippen molar-refractivity contribution in [2.24, 2.45) is 0 Å². The van der Waals surface area contributed by atoms with Crippen molar-refractivity contribution in [1.82, 2.24) is 5.32 Å². The first-order valence-corrected chi connectivity index (χ1v) is 6.96. The van der Waals surface area contributed by atoms with Crippen LogP contribution in [0.25, 0.3) is 0 Å². The molecular formula is C11H16NO6P. The number of rotatable bonds is 6. The highest BCUT2D eigenvalue weighted by Crippen LogP contribution is 2.37. The summed E-state index contributed by atoms with van der Waals surface area (Å²) in [5.41, 5.74) is 0.628. The summed E-state index contributed by atoms with van der Waals surface area (Å²) in [5.74, 6) is 0.242. The Kier molecular flexibility index (Phi) is 5.50. The van der Waals surface area contributed by atoms with Gasteiger partial charge in [0.1, 0.15) is 5.75 Å². The molecule has 19 heavy (non-hydrogen) atoms. The smallest absolute Gasteiger partial charge is 0.469 e. The monoisotopic (exact) mass is 289 g/mol. The number of carbonyl (C=O) groups excluding carboxylic acids is 1. The maximum Gasteiger partial charge on any atom is 0.469 e. The maximum atomic E-state index is 11.1. The lowest BCUT2D eigenvalue weighted by Gasteiger charge is -2.19. The molecule has 7 nitrogen and oxygen atoms in total. The molecule has 0 aliphatic carbocycles. The molecule has 0 radical (unpaired) electrons. The Morgan fingerprint density at radius 2 is 2.16 bits per heavy atom. The van der Waals surface area contributed by atoms with Gasteiger partial charge in [0.2, 0.25) is 5.91 Å². The van der Waals surface area contributed by atoms with Crippen molar-refractivity contribution in [3.63, 3.8) is 0 Å². The molecule has 1 unspecified atom stereocenters. The molecular weight excluding hydrogens is 273 g/mol. The van der Waals surface area contributed by atoms with Gasteiger partial charge in [-0.05, 0) is 17.7 Å². The second kappa shape index (κ2) is 6.68. The second-order valence-corrected chi connectivity index (χ2v) is 5.06. The fourth-order valence-electron chi connectivity index (χ4n) is 1.50. The Bertz CT molecular complexity index is 486. The summed E-state index contributed by atoms with van der Waals surface area (Å²) in [6.45, 7) is 0.974. The molecule has 1 aromatic rings. The highest BCUT2D eigenvalue weighted by atomic mass is 31.2. The van der Waals surface area contributed by atoms with E-state index in [1.165, 1.54) is 14.0 Å². The summed E-state index contributed by atoms with van der Waals surface area (Å²) >= 11 is 0. The number of benzene rings is 1. The highest BCUT2D eigenvalue weighted by Gasteiger charge is 2.20. The fraction of sp³-hybridized carbons (Fsp3) is 0.364. The van der Waals surface area contributed by atoms with Gasteiger partial charge >= 0.3 is 7.82 Å². The average Bonchev–Trinajstić information content (AvgIpc) is 2.33. The molecule has 0 saturated heterocycles. The lowest BCUT2D eigenvalue weighted by Crippen LogP contribution is -2.29. The summed E-state index contributed by atoms with van der Waals surface area (Å²) in [6, 6.07) is 6.12. The van der Waals surface area contributed by atoms with E-state index in [0.29, 0.717) is 11.3 Å². The topological polar surface area (TPSA) is 105 Å². The molecule has 1 atom stereocenters. The molecule has 0 aliphatic rings. The van der Waals surface area contributed by atoms with Crippen LogP contribution >= 0.6 is 7.82 Å². The molecule has 8 heteroatoms. The van der Waals surface area contributed by atoms with Crippen molar-refractivity contribution >= 4 is 13.7 Å². The van der Waals surface area contributed by atoms with Crippen LogP contribution in [0.15, 0.2) is 24.3 Å². The zero-order chi connectivity index (χ0) is 14.5. The van der Waals surface area contributed by atoms with Crippen molar-refractivity contribution in [1.29, 1.82) is 0 Å². The van der Waals surface area contributed by atoms with Crippen LogP contribution in [0.2, 0.25) is 0 Å². The molecule has 106 valence electrons. The fourth-order valence-corrected chi connectivity index (χ4v) is 1.84. The Morgan fingerprint density at radius 1 is 1.47 bits per heavy atom. The minimum atomic E-state index is -4.58. The van der Waals surface area contributed by atoms with E-state index >= 15 is 0 Å². The maximum absolute atomic E-state index is 11.1. The van der Waals surface area contributed by atoms with E-state index in [2.05, 4.69) is 9.84 Å². The van der Waals surface area contributed by atoms with Gasteiger partial charge in [-0.25, -0.2) is 4.57 Å². The van der Waals surface area contributed by atoms with Crippen molar-refractivity contribution in [2.45, 2.75) is 13.0 Å². The van der Waals surface area contributed by atoms with Crippen LogP contribution < -0.4 is 10.1 Å². The van der Waals surface area contributed by atoms with Crippen molar-refractivity contribution in [2.75, 3.05) is 13.7 Å². The second-order valence-electron chi connectivity index (χ2n) is 3.82. The molecule has 0 aliphatic heterocycles. The third-order valence-corrected chi connectivity index (χ3v) is 2.77. The molecule has 1 aromatic carbocycles. The molecule has 0 fully saturated rings. The van der Waals surface area contributed by atoms with E-state index < -0.39 is 13.9 Å². The van der Waals surface area contributed by atoms with E-state index in [4.69, 9.17) is 14.5 Å². The number of ether oxygens (including phenoxy) is 1. The number of carbonyl (C=O) groups is 1. The minimum absolute atomic E-state index is 0.331. The Morgan fingerprint density at radius 3 is 2.68 bits per heavy atom. The number of phosphoric acid groups is 1.